The molecule has 1 N–H and O–H groups in total. The maximum absolute atomic E-state index is 14.0. The molecule has 0 saturated heterocycles. The van der Waals surface area contributed by atoms with Crippen LogP contribution < -0.4 is 5.32 Å². The average Bonchev–Trinajstić information content (AvgIpc) is 2.72. The fourth-order valence-corrected chi connectivity index (χ4v) is 2.95. The molecule has 1 atom stereocenters. The third-order valence-electron chi connectivity index (χ3n) is 4.65. The number of benzene rings is 1. The first-order chi connectivity index (χ1) is 13.9. The average molecular weight is 391 g/mol. The highest BCUT2D eigenvalue weighted by Crippen LogP contribution is 2.24. The van der Waals surface area contributed by atoms with Gasteiger partial charge in [0.05, 0.1) is 17.4 Å². The van der Waals surface area contributed by atoms with E-state index in [2.05, 4.69) is 27.0 Å². The van der Waals surface area contributed by atoms with Crippen LogP contribution >= 0.6 is 0 Å². The number of nitrogens with zero attached hydrogens (tertiary/aromatic N) is 4. The van der Waals surface area contributed by atoms with Crippen molar-refractivity contribution in [2.24, 2.45) is 9.98 Å². The molecular weight excluding hydrogens is 369 g/mol. The minimum Gasteiger partial charge on any atom is -0.344 e. The zero-order valence-corrected chi connectivity index (χ0v) is 16.6. The summed E-state index contributed by atoms with van der Waals surface area (Å²) in [6, 6.07) is 11.3. The quantitative estimate of drug-likeness (QED) is 0.625. The van der Waals surface area contributed by atoms with Crippen LogP contribution in [0.5, 0.6) is 0 Å². The van der Waals surface area contributed by atoms with Gasteiger partial charge >= 0.3 is 0 Å². The Bertz CT molecular complexity index is 1030. The molecule has 6 nitrogen and oxygen atoms in total. The van der Waals surface area contributed by atoms with Crippen molar-refractivity contribution in [3.8, 4) is 0 Å². The van der Waals surface area contributed by atoms with Gasteiger partial charge in [0, 0.05) is 24.5 Å². The van der Waals surface area contributed by atoms with Gasteiger partial charge in [-0.15, -0.1) is 0 Å². The van der Waals surface area contributed by atoms with E-state index in [0.29, 0.717) is 22.8 Å². The van der Waals surface area contributed by atoms with Crippen LogP contribution in [0.25, 0.3) is 0 Å². The smallest absolute Gasteiger partial charge is 0.274 e. The number of amides is 1. The van der Waals surface area contributed by atoms with Gasteiger partial charge in [-0.2, -0.15) is 0 Å². The lowest BCUT2D eigenvalue weighted by Crippen LogP contribution is -2.31. The second kappa shape index (κ2) is 8.60. The van der Waals surface area contributed by atoms with Crippen molar-refractivity contribution in [3.05, 3.63) is 89.0 Å². The molecule has 7 heteroatoms. The van der Waals surface area contributed by atoms with E-state index in [1.807, 2.05) is 31.2 Å². The van der Waals surface area contributed by atoms with Crippen molar-refractivity contribution in [2.45, 2.75) is 19.9 Å². The first-order valence-electron chi connectivity index (χ1n) is 9.10. The van der Waals surface area contributed by atoms with Gasteiger partial charge in [-0.3, -0.25) is 14.8 Å². The van der Waals surface area contributed by atoms with E-state index in [1.54, 1.807) is 43.3 Å². The fraction of sp³-hybridized carbons (Fsp3) is 0.182. The van der Waals surface area contributed by atoms with E-state index in [0.717, 1.165) is 5.70 Å². The van der Waals surface area contributed by atoms with Gasteiger partial charge in [0.15, 0.2) is 11.5 Å². The lowest BCUT2D eigenvalue weighted by atomic mass is 10.1. The predicted molar refractivity (Wildman–Crippen MR) is 112 cm³/mol. The number of nitrogens with one attached hydrogen (secondary N) is 1. The molecule has 0 bridgehead atoms. The molecule has 1 aromatic carbocycles. The Morgan fingerprint density at radius 3 is 2.62 bits per heavy atom. The van der Waals surface area contributed by atoms with E-state index in [9.17, 15) is 9.18 Å². The normalized spacial score (nSPS) is 16.5. The van der Waals surface area contributed by atoms with E-state index >= 15 is 0 Å². The molecule has 2 heterocycles. The highest BCUT2D eigenvalue weighted by Gasteiger charge is 2.24. The van der Waals surface area contributed by atoms with E-state index in [-0.39, 0.29) is 11.5 Å². The van der Waals surface area contributed by atoms with Crippen LogP contribution in [-0.2, 0) is 4.79 Å². The number of hydrogen-bond acceptors (Lipinski definition) is 5. The van der Waals surface area contributed by atoms with Crippen LogP contribution in [0.1, 0.15) is 31.1 Å². The van der Waals surface area contributed by atoms with Gasteiger partial charge < -0.3 is 10.2 Å². The van der Waals surface area contributed by atoms with Crippen molar-refractivity contribution < 1.29 is 9.18 Å². The summed E-state index contributed by atoms with van der Waals surface area (Å²) in [6.45, 7) is 7.15. The van der Waals surface area contributed by atoms with Crippen molar-refractivity contribution in [1.29, 1.82) is 0 Å². The monoisotopic (exact) mass is 391 g/mol. The minimum atomic E-state index is -0.550. The number of hydrogen-bond donors (Lipinski definition) is 1. The SMILES string of the molecule is C=N/C(C(=O)N[C@@H](C)c1ccccc1F)=C1/N=C(c2ccccn2)C=C(C)N1C. The van der Waals surface area contributed by atoms with Crippen LogP contribution in [-0.4, -0.2) is 35.3 Å². The number of aromatic nitrogens is 1. The van der Waals surface area contributed by atoms with Gasteiger partial charge in [-0.1, -0.05) is 24.3 Å². The molecule has 1 aliphatic rings. The maximum Gasteiger partial charge on any atom is 0.274 e. The van der Waals surface area contributed by atoms with E-state index in [4.69, 9.17) is 0 Å². The minimum absolute atomic E-state index is 0.0524. The molecule has 0 spiro atoms. The Kier molecular flexibility index (Phi) is 5.97. The number of allylic oxidation sites excluding steroid dienone is 2. The summed E-state index contributed by atoms with van der Waals surface area (Å²) in [5.41, 5.74) is 2.61. The molecule has 3 rings (SSSR count). The molecule has 0 unspecified atom stereocenters. The summed E-state index contributed by atoms with van der Waals surface area (Å²) in [5.74, 6) is -0.527. The Hall–Kier alpha value is -3.61. The van der Waals surface area contributed by atoms with E-state index < -0.39 is 11.9 Å². The van der Waals surface area contributed by atoms with Crippen molar-refractivity contribution in [1.82, 2.24) is 15.2 Å². The molecule has 29 heavy (non-hydrogen) atoms. The largest absolute Gasteiger partial charge is 0.344 e. The Morgan fingerprint density at radius 1 is 1.24 bits per heavy atom. The first-order valence-corrected chi connectivity index (χ1v) is 9.10. The standard InChI is InChI=1S/C22H22FN5O/c1-14-13-19(18-11-7-8-12-25-18)27-21(28(14)4)20(24-3)22(29)26-15(2)16-9-5-6-10-17(16)23/h5-13,15H,3H2,1-2,4H3,(H,26,29)/b21-20-/t15-/m0/s1. The van der Waals surface area contributed by atoms with Gasteiger partial charge in [-0.05, 0) is 44.8 Å². The second-order valence-corrected chi connectivity index (χ2v) is 6.60. The molecule has 0 aliphatic carbocycles. The Balaban J connectivity index is 1.96. The molecular formula is C22H22FN5O. The lowest BCUT2D eigenvalue weighted by Gasteiger charge is -2.26. The molecule has 0 radical (unpaired) electrons. The lowest BCUT2D eigenvalue weighted by molar-refractivity contribution is -0.118. The summed E-state index contributed by atoms with van der Waals surface area (Å²) in [4.78, 5) is 27.5. The topological polar surface area (TPSA) is 70.0 Å². The van der Waals surface area contributed by atoms with Crippen LogP contribution in [0.15, 0.2) is 81.9 Å². The van der Waals surface area contributed by atoms with Crippen LogP contribution in [0.3, 0.4) is 0 Å². The van der Waals surface area contributed by atoms with Gasteiger partial charge in [0.25, 0.3) is 5.91 Å². The highest BCUT2D eigenvalue weighted by atomic mass is 19.1. The number of pyridine rings is 1. The highest BCUT2D eigenvalue weighted by molar-refractivity contribution is 6.09. The Labute approximate surface area is 169 Å². The summed E-state index contributed by atoms with van der Waals surface area (Å²) < 4.78 is 14.0. The second-order valence-electron chi connectivity index (χ2n) is 6.60. The third kappa shape index (κ3) is 4.29. The van der Waals surface area contributed by atoms with Gasteiger partial charge in [-0.25, -0.2) is 9.38 Å². The van der Waals surface area contributed by atoms with E-state index in [1.165, 1.54) is 6.07 Å². The number of aliphatic imine (C=N–C) groups is 2. The predicted octanol–water partition coefficient (Wildman–Crippen LogP) is 3.61. The van der Waals surface area contributed by atoms with Crippen LogP contribution in [0, 0.1) is 5.82 Å². The molecule has 148 valence electrons. The Morgan fingerprint density at radius 2 is 1.97 bits per heavy atom. The summed E-state index contributed by atoms with van der Waals surface area (Å²) >= 11 is 0. The molecule has 1 aromatic heterocycles. The number of carbonyl (C=O) groups is 1. The molecule has 0 saturated carbocycles. The molecule has 1 aliphatic heterocycles. The molecule has 2 aromatic rings. The van der Waals surface area contributed by atoms with Crippen molar-refractivity contribution >= 4 is 18.3 Å². The van der Waals surface area contributed by atoms with Gasteiger partial charge in [0.2, 0.25) is 0 Å². The van der Waals surface area contributed by atoms with Gasteiger partial charge in [0.1, 0.15) is 5.82 Å². The fourth-order valence-electron chi connectivity index (χ4n) is 2.95. The zero-order valence-electron chi connectivity index (χ0n) is 16.6. The zero-order chi connectivity index (χ0) is 21.0. The number of carbonyl (C=O) groups excluding carboxylic acids is 1. The van der Waals surface area contributed by atoms with Crippen LogP contribution in [0.2, 0.25) is 0 Å². The maximum atomic E-state index is 14.0. The van der Waals surface area contributed by atoms with Crippen molar-refractivity contribution in [3.63, 3.8) is 0 Å². The number of halogens is 1. The summed E-state index contributed by atoms with van der Waals surface area (Å²) in [7, 11) is 1.79. The van der Waals surface area contributed by atoms with Crippen molar-refractivity contribution in [2.75, 3.05) is 7.05 Å². The molecule has 1 amide bonds. The van der Waals surface area contributed by atoms with Crippen LogP contribution in [0.4, 0.5) is 4.39 Å². The molecule has 0 fully saturated rings. The summed E-state index contributed by atoms with van der Waals surface area (Å²) in [5, 5.41) is 2.77. The first kappa shape index (κ1) is 20.1. The summed E-state index contributed by atoms with van der Waals surface area (Å²) in [6.07, 6.45) is 3.56. The third-order valence-corrected chi connectivity index (χ3v) is 4.65. The number of rotatable bonds is 5.